The molecular formula is C23H21NO8. The first-order valence-electron chi connectivity index (χ1n) is 10.2. The molecule has 0 aromatic heterocycles. The zero-order valence-electron chi connectivity index (χ0n) is 17.2. The Morgan fingerprint density at radius 1 is 1.12 bits per heavy atom. The summed E-state index contributed by atoms with van der Waals surface area (Å²) in [4.78, 5) is 74.8. The Balaban J connectivity index is 1.81. The Morgan fingerprint density at radius 3 is 2.44 bits per heavy atom. The lowest BCUT2D eigenvalue weighted by atomic mass is 9.53. The van der Waals surface area contributed by atoms with Crippen molar-refractivity contribution in [1.29, 1.82) is 0 Å². The van der Waals surface area contributed by atoms with Gasteiger partial charge in [-0.05, 0) is 49.0 Å². The molecule has 3 aliphatic carbocycles. The monoisotopic (exact) mass is 439 g/mol. The van der Waals surface area contributed by atoms with E-state index < -0.39 is 58.3 Å². The van der Waals surface area contributed by atoms with E-state index in [9.17, 15) is 39.0 Å². The number of hydrogen-bond acceptors (Lipinski definition) is 8. The van der Waals surface area contributed by atoms with Gasteiger partial charge in [0.25, 0.3) is 0 Å². The SMILES string of the molecule is CC(=O)/C=C/c1ccc(O)c2c1C[C@H]1C[C@H]3CC(=O)C(C(N)=O)C(=O)[C@@]3(O)C(=O)C1C2=O. The maximum absolute atomic E-state index is 13.3. The molecule has 5 atom stereocenters. The zero-order chi connectivity index (χ0) is 23.5. The van der Waals surface area contributed by atoms with Crippen LogP contribution in [-0.2, 0) is 30.4 Å². The van der Waals surface area contributed by atoms with Crippen LogP contribution in [0, 0.1) is 23.7 Å². The van der Waals surface area contributed by atoms with Crippen molar-refractivity contribution in [2.24, 2.45) is 29.4 Å². The van der Waals surface area contributed by atoms with Crippen molar-refractivity contribution < 1.29 is 39.0 Å². The fraction of sp³-hybridized carbons (Fsp3) is 0.391. The molecular weight excluding hydrogens is 418 g/mol. The number of phenols is 1. The number of ketones is 5. The van der Waals surface area contributed by atoms with Crippen LogP contribution in [0.5, 0.6) is 5.75 Å². The van der Waals surface area contributed by atoms with Gasteiger partial charge in [-0.3, -0.25) is 28.8 Å². The van der Waals surface area contributed by atoms with Crippen LogP contribution in [0.2, 0.25) is 0 Å². The molecule has 3 aliphatic rings. The van der Waals surface area contributed by atoms with Crippen LogP contribution in [0.15, 0.2) is 18.2 Å². The third-order valence-corrected chi connectivity index (χ3v) is 6.82. The first-order valence-corrected chi connectivity index (χ1v) is 10.2. The van der Waals surface area contributed by atoms with Crippen molar-refractivity contribution in [3.8, 4) is 5.75 Å². The molecule has 166 valence electrons. The van der Waals surface area contributed by atoms with Crippen molar-refractivity contribution in [2.45, 2.75) is 31.8 Å². The number of aliphatic hydroxyl groups is 1. The molecule has 0 spiro atoms. The van der Waals surface area contributed by atoms with Gasteiger partial charge in [-0.25, -0.2) is 0 Å². The first kappa shape index (κ1) is 21.8. The van der Waals surface area contributed by atoms with Gasteiger partial charge < -0.3 is 15.9 Å². The fourth-order valence-electron chi connectivity index (χ4n) is 5.35. The summed E-state index contributed by atoms with van der Waals surface area (Å²) in [5.41, 5.74) is 3.37. The van der Waals surface area contributed by atoms with Crippen molar-refractivity contribution in [1.82, 2.24) is 0 Å². The number of carbonyl (C=O) groups is 6. The maximum Gasteiger partial charge on any atom is 0.235 e. The minimum atomic E-state index is -2.66. The second-order valence-corrected chi connectivity index (χ2v) is 8.71. The van der Waals surface area contributed by atoms with Gasteiger partial charge in [0.05, 0.1) is 11.5 Å². The lowest BCUT2D eigenvalue weighted by molar-refractivity contribution is -0.175. The van der Waals surface area contributed by atoms with E-state index >= 15 is 0 Å². The number of aromatic hydroxyl groups is 1. The molecule has 9 nitrogen and oxygen atoms in total. The highest BCUT2D eigenvalue weighted by Gasteiger charge is 2.66. The van der Waals surface area contributed by atoms with E-state index in [1.165, 1.54) is 25.1 Å². The van der Waals surface area contributed by atoms with Gasteiger partial charge in [-0.2, -0.15) is 0 Å². The average Bonchev–Trinajstić information content (AvgIpc) is 2.69. The Bertz CT molecular complexity index is 1150. The molecule has 4 N–H and O–H groups in total. The van der Waals surface area contributed by atoms with Crippen molar-refractivity contribution in [3.05, 3.63) is 34.9 Å². The number of Topliss-reactive ketones (excluding diaryl/α,β-unsaturated/α-hetero) is 4. The summed E-state index contributed by atoms with van der Waals surface area (Å²) in [6.07, 6.45) is 2.63. The Morgan fingerprint density at radius 2 is 1.81 bits per heavy atom. The van der Waals surface area contributed by atoms with E-state index in [1.54, 1.807) is 6.07 Å². The van der Waals surface area contributed by atoms with Gasteiger partial charge in [-0.1, -0.05) is 12.1 Å². The van der Waals surface area contributed by atoms with Crippen LogP contribution >= 0.6 is 0 Å². The van der Waals surface area contributed by atoms with E-state index in [0.29, 0.717) is 11.1 Å². The Hall–Kier alpha value is -3.46. The van der Waals surface area contributed by atoms with E-state index in [2.05, 4.69) is 0 Å². The number of hydrogen-bond donors (Lipinski definition) is 3. The number of carbonyl (C=O) groups excluding carboxylic acids is 6. The van der Waals surface area contributed by atoms with E-state index in [0.717, 1.165) is 0 Å². The smallest absolute Gasteiger partial charge is 0.235 e. The largest absolute Gasteiger partial charge is 0.507 e. The average molecular weight is 439 g/mol. The summed E-state index contributed by atoms with van der Waals surface area (Å²) >= 11 is 0. The number of allylic oxidation sites excluding steroid dienone is 1. The topological polar surface area (TPSA) is 169 Å². The number of fused-ring (bicyclic) bond motifs is 3. The number of amides is 1. The molecule has 0 radical (unpaired) electrons. The van der Waals surface area contributed by atoms with Crippen LogP contribution in [0.4, 0.5) is 0 Å². The molecule has 2 unspecified atom stereocenters. The standard InChI is InChI=1S/C23H21NO8/c1-9(25)2-3-10-4-5-14(26)17-13(10)7-11-6-12-8-15(27)18(22(24)31)21(30)23(12,32)20(29)16(11)19(17)28/h2-5,11-12,16,18,26,32H,6-8H2,1H3,(H2,24,31)/b3-2+/t11-,12+,16?,18?,23+/m1/s1. The predicted octanol–water partition coefficient (Wildman–Crippen LogP) is -0.0709. The molecule has 0 aliphatic heterocycles. The molecule has 0 bridgehead atoms. The molecule has 0 heterocycles. The molecule has 9 heteroatoms. The highest BCUT2D eigenvalue weighted by molar-refractivity contribution is 6.31. The van der Waals surface area contributed by atoms with Crippen LogP contribution in [0.1, 0.15) is 41.3 Å². The molecule has 4 rings (SSSR count). The van der Waals surface area contributed by atoms with E-state index in [-0.39, 0.29) is 36.4 Å². The summed E-state index contributed by atoms with van der Waals surface area (Å²) in [7, 11) is 0. The third-order valence-electron chi connectivity index (χ3n) is 6.82. The van der Waals surface area contributed by atoms with Crippen LogP contribution in [-0.4, -0.2) is 50.6 Å². The quantitative estimate of drug-likeness (QED) is 0.434. The highest BCUT2D eigenvalue weighted by Crippen LogP contribution is 2.50. The second kappa shape index (κ2) is 7.30. The summed E-state index contributed by atoms with van der Waals surface area (Å²) in [5, 5.41) is 21.5. The fourth-order valence-corrected chi connectivity index (χ4v) is 5.35. The zero-order valence-corrected chi connectivity index (χ0v) is 17.2. The maximum atomic E-state index is 13.3. The molecule has 2 saturated carbocycles. The van der Waals surface area contributed by atoms with E-state index in [1.807, 2.05) is 0 Å². The van der Waals surface area contributed by atoms with Crippen LogP contribution in [0.25, 0.3) is 6.08 Å². The molecule has 32 heavy (non-hydrogen) atoms. The van der Waals surface area contributed by atoms with Gasteiger partial charge in [0.15, 0.2) is 40.4 Å². The minimum absolute atomic E-state index is 0.0204. The number of nitrogens with two attached hydrogens (primary N) is 1. The van der Waals surface area contributed by atoms with Crippen LogP contribution < -0.4 is 5.73 Å². The number of primary amides is 1. The Labute approximate surface area is 182 Å². The predicted molar refractivity (Wildman–Crippen MR) is 108 cm³/mol. The van der Waals surface area contributed by atoms with E-state index in [4.69, 9.17) is 5.73 Å². The third kappa shape index (κ3) is 2.96. The number of phenolic OH excluding ortho intramolecular Hbond substituents is 1. The summed E-state index contributed by atoms with van der Waals surface area (Å²) in [5.74, 6) is -10.7. The van der Waals surface area contributed by atoms with Gasteiger partial charge in [-0.15, -0.1) is 0 Å². The summed E-state index contributed by atoms with van der Waals surface area (Å²) in [6.45, 7) is 1.36. The Kier molecular flexibility index (Phi) is 4.97. The molecule has 1 aromatic carbocycles. The second-order valence-electron chi connectivity index (χ2n) is 8.71. The molecule has 0 saturated heterocycles. The van der Waals surface area contributed by atoms with Crippen molar-refractivity contribution >= 4 is 40.9 Å². The minimum Gasteiger partial charge on any atom is -0.507 e. The molecule has 1 aromatic rings. The normalized spacial score (nSPS) is 31.8. The van der Waals surface area contributed by atoms with Gasteiger partial charge in [0, 0.05) is 12.3 Å². The van der Waals surface area contributed by atoms with Gasteiger partial charge in [0.1, 0.15) is 5.75 Å². The lowest BCUT2D eigenvalue weighted by Crippen LogP contribution is -2.68. The lowest BCUT2D eigenvalue weighted by Gasteiger charge is -2.48. The number of rotatable bonds is 3. The number of benzene rings is 1. The summed E-state index contributed by atoms with van der Waals surface area (Å²) in [6, 6.07) is 2.82. The van der Waals surface area contributed by atoms with Crippen molar-refractivity contribution in [3.63, 3.8) is 0 Å². The first-order chi connectivity index (χ1) is 15.0. The van der Waals surface area contributed by atoms with Gasteiger partial charge in [0.2, 0.25) is 5.91 Å². The molecule has 2 fully saturated rings. The highest BCUT2D eigenvalue weighted by atomic mass is 16.3. The van der Waals surface area contributed by atoms with Crippen molar-refractivity contribution in [2.75, 3.05) is 0 Å². The van der Waals surface area contributed by atoms with Crippen LogP contribution in [0.3, 0.4) is 0 Å². The van der Waals surface area contributed by atoms with Gasteiger partial charge >= 0.3 is 0 Å². The summed E-state index contributed by atoms with van der Waals surface area (Å²) < 4.78 is 0. The molecule has 1 amide bonds.